The standard InChI is InChI=1S/C26H23N3O4/c1-33-19-9-4-6-16(12-19)13-23(30)27-15-18-14-22(27)24-25(31)29(26(32)28(18)24)21-11-5-8-17-7-2-3-10-20(17)21/h2-12,18,22,24H,13-15H2,1H3/t18-,22?,24+/m1/s1. The summed E-state index contributed by atoms with van der Waals surface area (Å²) in [4.78, 5) is 44.9. The quantitative estimate of drug-likeness (QED) is 0.583. The molecule has 3 aromatic carbocycles. The summed E-state index contributed by atoms with van der Waals surface area (Å²) in [5.41, 5.74) is 1.47. The fourth-order valence-electron chi connectivity index (χ4n) is 5.63. The fraction of sp³-hybridized carbons (Fsp3) is 0.269. The van der Waals surface area contributed by atoms with Crippen LogP contribution in [0.15, 0.2) is 66.7 Å². The van der Waals surface area contributed by atoms with Gasteiger partial charge in [-0.05, 0) is 35.6 Å². The van der Waals surface area contributed by atoms with Gasteiger partial charge in [-0.2, -0.15) is 0 Å². The van der Waals surface area contributed by atoms with Gasteiger partial charge in [-0.15, -0.1) is 0 Å². The molecule has 3 aromatic rings. The summed E-state index contributed by atoms with van der Waals surface area (Å²) in [6.07, 6.45) is 0.887. The van der Waals surface area contributed by atoms with Crippen molar-refractivity contribution in [3.05, 3.63) is 72.3 Å². The van der Waals surface area contributed by atoms with Crippen LogP contribution in [0.4, 0.5) is 10.5 Å². The van der Waals surface area contributed by atoms with Crippen molar-refractivity contribution in [3.63, 3.8) is 0 Å². The predicted octanol–water partition coefficient (Wildman–Crippen LogP) is 3.21. The number of hydrogen-bond acceptors (Lipinski definition) is 4. The van der Waals surface area contributed by atoms with Crippen molar-refractivity contribution in [1.82, 2.24) is 9.80 Å². The number of carbonyl (C=O) groups excluding carboxylic acids is 3. The second-order valence-corrected chi connectivity index (χ2v) is 8.84. The Labute approximate surface area is 191 Å². The summed E-state index contributed by atoms with van der Waals surface area (Å²) in [5.74, 6) is 0.429. The SMILES string of the molecule is COc1cccc(CC(=O)N2C[C@H]3CC2[C@H]2C(=O)N(c4cccc5ccccc45)C(=O)N32)c1. The maximum Gasteiger partial charge on any atom is 0.332 e. The van der Waals surface area contributed by atoms with E-state index < -0.39 is 6.04 Å². The number of amides is 4. The minimum absolute atomic E-state index is 0.0285. The Bertz CT molecular complexity index is 1300. The van der Waals surface area contributed by atoms with Crippen LogP contribution >= 0.6 is 0 Å². The van der Waals surface area contributed by atoms with Crippen molar-refractivity contribution in [1.29, 1.82) is 0 Å². The Morgan fingerprint density at radius 1 is 1.03 bits per heavy atom. The lowest BCUT2D eigenvalue weighted by atomic mass is 10.1. The van der Waals surface area contributed by atoms with Gasteiger partial charge in [0.15, 0.2) is 0 Å². The molecule has 0 spiro atoms. The number of imide groups is 1. The predicted molar refractivity (Wildman–Crippen MR) is 123 cm³/mol. The van der Waals surface area contributed by atoms with E-state index in [-0.39, 0.29) is 36.3 Å². The van der Waals surface area contributed by atoms with E-state index >= 15 is 0 Å². The number of likely N-dealkylation sites (tertiary alicyclic amines) is 1. The number of rotatable bonds is 4. The number of ether oxygens (including phenoxy) is 1. The van der Waals surface area contributed by atoms with Gasteiger partial charge in [0.1, 0.15) is 11.8 Å². The van der Waals surface area contributed by atoms with Gasteiger partial charge in [0, 0.05) is 11.9 Å². The van der Waals surface area contributed by atoms with Crippen LogP contribution in [0.5, 0.6) is 5.75 Å². The molecule has 7 heteroatoms. The van der Waals surface area contributed by atoms with E-state index in [1.165, 1.54) is 4.90 Å². The molecule has 3 fully saturated rings. The highest BCUT2D eigenvalue weighted by Gasteiger charge is 2.62. The summed E-state index contributed by atoms with van der Waals surface area (Å²) < 4.78 is 5.26. The molecular formula is C26H23N3O4. The van der Waals surface area contributed by atoms with Gasteiger partial charge >= 0.3 is 6.03 Å². The molecule has 0 aliphatic carbocycles. The molecule has 0 saturated carbocycles. The number of fused-ring (bicyclic) bond motifs is 6. The van der Waals surface area contributed by atoms with E-state index in [1.54, 1.807) is 16.9 Å². The molecule has 7 nitrogen and oxygen atoms in total. The summed E-state index contributed by atoms with van der Waals surface area (Å²) in [6, 6.07) is 19.5. The lowest BCUT2D eigenvalue weighted by Gasteiger charge is -2.35. The second-order valence-electron chi connectivity index (χ2n) is 8.84. The van der Waals surface area contributed by atoms with E-state index in [1.807, 2.05) is 66.7 Å². The topological polar surface area (TPSA) is 70.2 Å². The zero-order valence-corrected chi connectivity index (χ0v) is 18.2. The molecule has 2 bridgehead atoms. The number of nitrogens with zero attached hydrogens (tertiary/aromatic N) is 3. The van der Waals surface area contributed by atoms with Crippen molar-refractivity contribution >= 4 is 34.3 Å². The van der Waals surface area contributed by atoms with Crippen LogP contribution in [0, 0.1) is 0 Å². The lowest BCUT2D eigenvalue weighted by molar-refractivity contribution is -0.135. The third kappa shape index (κ3) is 2.92. The Kier molecular flexibility index (Phi) is 4.40. The number of hydrogen-bond donors (Lipinski definition) is 0. The second kappa shape index (κ2) is 7.33. The minimum Gasteiger partial charge on any atom is -0.497 e. The van der Waals surface area contributed by atoms with E-state index in [4.69, 9.17) is 4.74 Å². The Morgan fingerprint density at radius 2 is 1.82 bits per heavy atom. The highest BCUT2D eigenvalue weighted by molar-refractivity contribution is 6.25. The average Bonchev–Trinajstić information content (AvgIpc) is 3.50. The van der Waals surface area contributed by atoms with Gasteiger partial charge in [0.2, 0.25) is 5.91 Å². The molecule has 3 aliphatic heterocycles. The zero-order chi connectivity index (χ0) is 22.7. The molecule has 3 saturated heterocycles. The highest BCUT2D eigenvalue weighted by Crippen LogP contribution is 2.43. The molecule has 3 aliphatic rings. The van der Waals surface area contributed by atoms with Crippen molar-refractivity contribution in [2.75, 3.05) is 18.6 Å². The Morgan fingerprint density at radius 3 is 2.67 bits per heavy atom. The fourth-order valence-corrected chi connectivity index (χ4v) is 5.63. The van der Waals surface area contributed by atoms with Crippen LogP contribution in [-0.2, 0) is 16.0 Å². The van der Waals surface area contributed by atoms with Crippen molar-refractivity contribution in [2.45, 2.75) is 31.0 Å². The molecule has 4 amide bonds. The van der Waals surface area contributed by atoms with E-state index in [0.717, 1.165) is 16.3 Å². The molecule has 0 aromatic heterocycles. The molecule has 0 N–H and O–H groups in total. The van der Waals surface area contributed by atoms with Crippen LogP contribution in [-0.4, -0.2) is 59.4 Å². The van der Waals surface area contributed by atoms with Crippen molar-refractivity contribution in [3.8, 4) is 5.75 Å². The number of benzene rings is 3. The maximum atomic E-state index is 13.6. The number of methoxy groups -OCH3 is 1. The van der Waals surface area contributed by atoms with Gasteiger partial charge < -0.3 is 14.5 Å². The summed E-state index contributed by atoms with van der Waals surface area (Å²) in [6.45, 7) is 0.465. The molecule has 33 heavy (non-hydrogen) atoms. The molecule has 166 valence electrons. The van der Waals surface area contributed by atoms with Gasteiger partial charge in [0.25, 0.3) is 5.91 Å². The first-order chi connectivity index (χ1) is 16.1. The zero-order valence-electron chi connectivity index (χ0n) is 18.2. The molecule has 3 atom stereocenters. The monoisotopic (exact) mass is 441 g/mol. The number of piperazine rings is 1. The smallest absolute Gasteiger partial charge is 0.332 e. The third-order valence-electron chi connectivity index (χ3n) is 7.08. The summed E-state index contributed by atoms with van der Waals surface area (Å²) >= 11 is 0. The van der Waals surface area contributed by atoms with Gasteiger partial charge in [-0.25, -0.2) is 9.69 Å². The molecule has 3 heterocycles. The number of anilines is 1. The van der Waals surface area contributed by atoms with Gasteiger partial charge in [-0.3, -0.25) is 9.59 Å². The Balaban J connectivity index is 1.28. The Hall–Kier alpha value is -3.87. The van der Waals surface area contributed by atoms with E-state index in [0.29, 0.717) is 24.4 Å². The minimum atomic E-state index is -0.621. The number of urea groups is 1. The van der Waals surface area contributed by atoms with Crippen molar-refractivity contribution < 1.29 is 19.1 Å². The highest BCUT2D eigenvalue weighted by atomic mass is 16.5. The van der Waals surface area contributed by atoms with Crippen molar-refractivity contribution in [2.24, 2.45) is 0 Å². The largest absolute Gasteiger partial charge is 0.497 e. The third-order valence-corrected chi connectivity index (χ3v) is 7.08. The number of carbonyl (C=O) groups is 3. The molecular weight excluding hydrogens is 418 g/mol. The first kappa shape index (κ1) is 19.8. The maximum absolute atomic E-state index is 13.6. The van der Waals surface area contributed by atoms with Crippen LogP contribution in [0.25, 0.3) is 10.8 Å². The van der Waals surface area contributed by atoms with Crippen LogP contribution < -0.4 is 9.64 Å². The summed E-state index contributed by atoms with van der Waals surface area (Å²) in [7, 11) is 1.60. The van der Waals surface area contributed by atoms with Crippen LogP contribution in [0.2, 0.25) is 0 Å². The summed E-state index contributed by atoms with van der Waals surface area (Å²) in [5, 5.41) is 1.84. The molecule has 6 rings (SSSR count). The normalized spacial score (nSPS) is 23.5. The van der Waals surface area contributed by atoms with Crippen LogP contribution in [0.1, 0.15) is 12.0 Å². The van der Waals surface area contributed by atoms with Gasteiger partial charge in [0.05, 0.1) is 31.3 Å². The molecule has 1 unspecified atom stereocenters. The first-order valence-corrected chi connectivity index (χ1v) is 11.1. The van der Waals surface area contributed by atoms with E-state index in [2.05, 4.69) is 0 Å². The first-order valence-electron chi connectivity index (χ1n) is 11.1. The van der Waals surface area contributed by atoms with Gasteiger partial charge in [-0.1, -0.05) is 48.5 Å². The van der Waals surface area contributed by atoms with E-state index in [9.17, 15) is 14.4 Å². The average molecular weight is 441 g/mol. The molecule has 0 radical (unpaired) electrons. The van der Waals surface area contributed by atoms with Crippen LogP contribution in [0.3, 0.4) is 0 Å². The lowest BCUT2D eigenvalue weighted by Crippen LogP contribution is -2.55.